The van der Waals surface area contributed by atoms with E-state index in [9.17, 15) is 4.79 Å². The summed E-state index contributed by atoms with van der Waals surface area (Å²) in [4.78, 5) is 19.0. The van der Waals surface area contributed by atoms with Gasteiger partial charge in [-0.2, -0.15) is 0 Å². The van der Waals surface area contributed by atoms with Crippen LogP contribution in [0.2, 0.25) is 5.02 Å². The topological polar surface area (TPSA) is 72.1 Å². The summed E-state index contributed by atoms with van der Waals surface area (Å²) < 4.78 is 5.92. The summed E-state index contributed by atoms with van der Waals surface area (Å²) in [7, 11) is 0. The number of fused-ring (bicyclic) bond motifs is 1. The lowest BCUT2D eigenvalue weighted by molar-refractivity contribution is -0.127. The molecule has 1 saturated heterocycles. The highest BCUT2D eigenvalue weighted by Crippen LogP contribution is 2.33. The summed E-state index contributed by atoms with van der Waals surface area (Å²) in [6.45, 7) is 1.68. The number of nitrogens with zero attached hydrogens (tertiary/aromatic N) is 4. The number of halogens is 1. The largest absolute Gasteiger partial charge is 0.411 e. The molecule has 0 N–H and O–H groups in total. The van der Waals surface area contributed by atoms with E-state index in [1.54, 1.807) is 0 Å². The molecule has 0 unspecified atom stereocenters. The van der Waals surface area contributed by atoms with Gasteiger partial charge in [0.1, 0.15) is 0 Å². The zero-order valence-corrected chi connectivity index (χ0v) is 18.2. The third kappa shape index (κ3) is 4.29. The van der Waals surface area contributed by atoms with Gasteiger partial charge in [0.25, 0.3) is 5.22 Å². The fourth-order valence-electron chi connectivity index (χ4n) is 3.68. The first kappa shape index (κ1) is 20.0. The summed E-state index contributed by atoms with van der Waals surface area (Å²) in [6.07, 6.45) is 2.15. The lowest BCUT2D eigenvalue weighted by Crippen LogP contribution is -2.29. The van der Waals surface area contributed by atoms with Gasteiger partial charge in [-0.1, -0.05) is 53.7 Å². The third-order valence-corrected chi connectivity index (χ3v) is 6.33. The van der Waals surface area contributed by atoms with Crippen molar-refractivity contribution >= 4 is 40.2 Å². The molecule has 0 radical (unpaired) electrons. The molecule has 0 spiro atoms. The summed E-state index contributed by atoms with van der Waals surface area (Å²) in [6, 6.07) is 17.3. The minimum absolute atomic E-state index is 0.113. The number of carbonyl (C=O) groups is 1. The second-order valence-electron chi connectivity index (χ2n) is 7.33. The number of likely N-dealkylation sites (tertiary alicyclic amines) is 1. The van der Waals surface area contributed by atoms with Gasteiger partial charge in [0, 0.05) is 29.1 Å². The minimum atomic E-state index is 0.113. The second-order valence-corrected chi connectivity index (χ2v) is 8.69. The van der Waals surface area contributed by atoms with Crippen molar-refractivity contribution in [2.24, 2.45) is 0 Å². The maximum absolute atomic E-state index is 12.3. The van der Waals surface area contributed by atoms with E-state index in [0.29, 0.717) is 21.9 Å². The van der Waals surface area contributed by atoms with Crippen molar-refractivity contribution in [2.75, 3.05) is 18.8 Å². The van der Waals surface area contributed by atoms with Crippen LogP contribution in [0, 0.1) is 0 Å². The Morgan fingerprint density at radius 2 is 1.84 bits per heavy atom. The van der Waals surface area contributed by atoms with Crippen molar-refractivity contribution in [2.45, 2.75) is 18.1 Å². The molecule has 0 atom stereocenters. The Hall–Kier alpha value is -2.90. The molecular weight excluding hydrogens is 432 g/mol. The highest BCUT2D eigenvalue weighted by atomic mass is 35.5. The SMILES string of the molecule is O=C(CSc1nnc(-c2cc(-c3ccc(Cl)cc3)nc3ccccc23)o1)N1CCCC1. The summed E-state index contributed by atoms with van der Waals surface area (Å²) in [5.74, 6) is 0.820. The molecule has 0 aliphatic carbocycles. The van der Waals surface area contributed by atoms with Crippen molar-refractivity contribution in [1.82, 2.24) is 20.1 Å². The van der Waals surface area contributed by atoms with Crippen LogP contribution in [0.4, 0.5) is 0 Å². The van der Waals surface area contributed by atoms with Gasteiger partial charge in [-0.25, -0.2) is 4.98 Å². The van der Waals surface area contributed by atoms with Crippen molar-refractivity contribution in [1.29, 1.82) is 0 Å². The van der Waals surface area contributed by atoms with Crippen LogP contribution in [0.25, 0.3) is 33.6 Å². The van der Waals surface area contributed by atoms with Crippen LogP contribution in [0.15, 0.2) is 64.2 Å². The van der Waals surface area contributed by atoms with Gasteiger partial charge < -0.3 is 9.32 Å². The van der Waals surface area contributed by atoms with E-state index < -0.39 is 0 Å². The average molecular weight is 451 g/mol. The number of amides is 1. The van der Waals surface area contributed by atoms with E-state index in [1.165, 1.54) is 11.8 Å². The fourth-order valence-corrected chi connectivity index (χ4v) is 4.47. The van der Waals surface area contributed by atoms with Crippen LogP contribution in [-0.4, -0.2) is 44.8 Å². The van der Waals surface area contributed by atoms with Gasteiger partial charge in [0.05, 0.1) is 22.5 Å². The van der Waals surface area contributed by atoms with Crippen molar-refractivity contribution < 1.29 is 9.21 Å². The number of thioether (sulfide) groups is 1. The van der Waals surface area contributed by atoms with Crippen LogP contribution < -0.4 is 0 Å². The van der Waals surface area contributed by atoms with Crippen molar-refractivity contribution in [3.05, 3.63) is 59.6 Å². The first-order chi connectivity index (χ1) is 15.2. The van der Waals surface area contributed by atoms with E-state index >= 15 is 0 Å². The molecule has 3 heterocycles. The van der Waals surface area contributed by atoms with E-state index in [2.05, 4.69) is 10.2 Å². The zero-order chi connectivity index (χ0) is 21.2. The summed E-state index contributed by atoms with van der Waals surface area (Å²) in [5, 5.41) is 10.4. The third-order valence-electron chi connectivity index (χ3n) is 5.27. The molecule has 1 aliphatic rings. The van der Waals surface area contributed by atoms with Crippen molar-refractivity contribution in [3.8, 4) is 22.7 Å². The van der Waals surface area contributed by atoms with Crippen LogP contribution in [0.3, 0.4) is 0 Å². The highest BCUT2D eigenvalue weighted by molar-refractivity contribution is 7.99. The Kier molecular flexibility index (Phi) is 5.61. The lowest BCUT2D eigenvalue weighted by Gasteiger charge is -2.13. The maximum atomic E-state index is 12.3. The molecule has 1 fully saturated rings. The lowest BCUT2D eigenvalue weighted by atomic mass is 10.0. The van der Waals surface area contributed by atoms with E-state index in [-0.39, 0.29) is 5.91 Å². The Morgan fingerprint density at radius 3 is 2.65 bits per heavy atom. The molecule has 2 aromatic carbocycles. The van der Waals surface area contributed by atoms with E-state index in [4.69, 9.17) is 21.0 Å². The van der Waals surface area contributed by atoms with Crippen LogP contribution in [-0.2, 0) is 4.79 Å². The number of aromatic nitrogens is 3. The monoisotopic (exact) mass is 450 g/mol. The van der Waals surface area contributed by atoms with E-state index in [0.717, 1.165) is 53.7 Å². The molecule has 5 rings (SSSR count). The first-order valence-corrected chi connectivity index (χ1v) is 11.4. The molecule has 156 valence electrons. The van der Waals surface area contributed by atoms with E-state index in [1.807, 2.05) is 59.5 Å². The maximum Gasteiger partial charge on any atom is 0.277 e. The Bertz CT molecular complexity index is 1240. The number of benzene rings is 2. The normalized spacial score (nSPS) is 13.8. The van der Waals surface area contributed by atoms with Gasteiger partial charge in [-0.3, -0.25) is 4.79 Å². The average Bonchev–Trinajstić information content (AvgIpc) is 3.50. The molecule has 2 aromatic heterocycles. The number of pyridine rings is 1. The predicted octanol–water partition coefficient (Wildman–Crippen LogP) is 5.32. The first-order valence-electron chi connectivity index (χ1n) is 10.1. The molecule has 4 aromatic rings. The number of para-hydroxylation sites is 1. The quantitative estimate of drug-likeness (QED) is 0.383. The number of rotatable bonds is 5. The minimum Gasteiger partial charge on any atom is -0.411 e. The molecule has 1 amide bonds. The Labute approximate surface area is 188 Å². The standard InChI is InChI=1S/C23H19ClN4O2S/c24-16-9-7-15(8-10-16)20-13-18(17-5-1-2-6-19(17)25-20)22-26-27-23(30-22)31-14-21(29)28-11-3-4-12-28/h1-2,5-10,13H,3-4,11-12,14H2. The zero-order valence-electron chi connectivity index (χ0n) is 16.6. The molecule has 0 bridgehead atoms. The smallest absolute Gasteiger partial charge is 0.277 e. The van der Waals surface area contributed by atoms with Gasteiger partial charge in [0.2, 0.25) is 11.8 Å². The second kappa shape index (κ2) is 8.69. The van der Waals surface area contributed by atoms with Crippen LogP contribution in [0.1, 0.15) is 12.8 Å². The Balaban J connectivity index is 1.45. The van der Waals surface area contributed by atoms with Gasteiger partial charge in [-0.15, -0.1) is 10.2 Å². The van der Waals surface area contributed by atoms with Crippen molar-refractivity contribution in [3.63, 3.8) is 0 Å². The number of hydrogen-bond acceptors (Lipinski definition) is 6. The van der Waals surface area contributed by atoms with Crippen LogP contribution in [0.5, 0.6) is 0 Å². The summed E-state index contributed by atoms with van der Waals surface area (Å²) >= 11 is 7.31. The van der Waals surface area contributed by atoms with Crippen LogP contribution >= 0.6 is 23.4 Å². The predicted molar refractivity (Wildman–Crippen MR) is 122 cm³/mol. The molecule has 6 nitrogen and oxygen atoms in total. The molecule has 8 heteroatoms. The molecule has 0 saturated carbocycles. The van der Waals surface area contributed by atoms with Gasteiger partial charge in [-0.05, 0) is 37.1 Å². The Morgan fingerprint density at radius 1 is 1.06 bits per heavy atom. The highest BCUT2D eigenvalue weighted by Gasteiger charge is 2.20. The van der Waals surface area contributed by atoms with Gasteiger partial charge >= 0.3 is 0 Å². The number of hydrogen-bond donors (Lipinski definition) is 0. The molecule has 31 heavy (non-hydrogen) atoms. The summed E-state index contributed by atoms with van der Waals surface area (Å²) in [5.41, 5.74) is 3.38. The molecule has 1 aliphatic heterocycles. The van der Waals surface area contributed by atoms with Gasteiger partial charge in [0.15, 0.2) is 0 Å². The number of carbonyl (C=O) groups excluding carboxylic acids is 1. The molecular formula is C23H19ClN4O2S. The fraction of sp³-hybridized carbons (Fsp3) is 0.217.